The van der Waals surface area contributed by atoms with Crippen LogP contribution in [0.25, 0.3) is 0 Å². The molecule has 1 aliphatic carbocycles. The Labute approximate surface area is 222 Å². The summed E-state index contributed by atoms with van der Waals surface area (Å²) in [5.41, 5.74) is -6.34. The molecule has 0 radical (unpaired) electrons. The molecule has 16 heteroatoms. The third kappa shape index (κ3) is 5.44. The number of rotatable bonds is 6. The summed E-state index contributed by atoms with van der Waals surface area (Å²) in [6, 6.07) is 5.78. The lowest BCUT2D eigenvalue weighted by atomic mass is 9.99. The Hall–Kier alpha value is -3.82. The summed E-state index contributed by atoms with van der Waals surface area (Å²) in [6.45, 7) is 2.08. The van der Waals surface area contributed by atoms with Crippen molar-refractivity contribution >= 4 is 21.4 Å². The van der Waals surface area contributed by atoms with E-state index in [2.05, 4.69) is 20.5 Å². The molecule has 0 aliphatic heterocycles. The molecule has 1 fully saturated rings. The Balaban J connectivity index is 1.77. The molecule has 1 amide bonds. The number of aryl methyl sites for hydroxylation is 1. The van der Waals surface area contributed by atoms with E-state index in [4.69, 9.17) is 4.74 Å². The SMILES string of the molecule is Cc1cc(C2(C(F)(F)F)CC2)nc(F)c1Oc1nnc(C(F)(F)F)c(C)c1C(=O)Nc1cccc(S(C)(=O)=O)c1. The van der Waals surface area contributed by atoms with Crippen molar-refractivity contribution in [3.8, 4) is 11.6 Å². The maximum Gasteiger partial charge on any atom is 0.435 e. The van der Waals surface area contributed by atoms with Gasteiger partial charge in [-0.1, -0.05) is 6.07 Å². The fraction of sp³-hybridized carbons (Fsp3) is 0.333. The van der Waals surface area contributed by atoms with Crippen molar-refractivity contribution in [2.75, 3.05) is 11.6 Å². The molecule has 0 atom stereocenters. The molecule has 0 spiro atoms. The highest BCUT2D eigenvalue weighted by atomic mass is 32.2. The van der Waals surface area contributed by atoms with Crippen molar-refractivity contribution in [3.63, 3.8) is 0 Å². The number of anilines is 1. The van der Waals surface area contributed by atoms with Crippen LogP contribution in [0.2, 0.25) is 0 Å². The van der Waals surface area contributed by atoms with Crippen LogP contribution in [0.5, 0.6) is 11.6 Å². The monoisotopic (exact) mass is 592 g/mol. The highest BCUT2D eigenvalue weighted by Gasteiger charge is 2.65. The molecule has 40 heavy (non-hydrogen) atoms. The van der Waals surface area contributed by atoms with Gasteiger partial charge < -0.3 is 10.1 Å². The summed E-state index contributed by atoms with van der Waals surface area (Å²) in [5.74, 6) is -4.41. The number of nitrogens with one attached hydrogen (secondary N) is 1. The van der Waals surface area contributed by atoms with Gasteiger partial charge in [0.05, 0.1) is 10.6 Å². The zero-order valence-electron chi connectivity index (χ0n) is 20.8. The van der Waals surface area contributed by atoms with Crippen molar-refractivity contribution in [1.29, 1.82) is 0 Å². The molecule has 0 bridgehead atoms. The molecule has 1 aromatic carbocycles. The number of amides is 1. The molecule has 2 heterocycles. The quantitative estimate of drug-likeness (QED) is 0.289. The Morgan fingerprint density at radius 2 is 1.70 bits per heavy atom. The van der Waals surface area contributed by atoms with Crippen LogP contribution in [0, 0.1) is 19.8 Å². The third-order valence-electron chi connectivity index (χ3n) is 6.30. The predicted octanol–water partition coefficient (Wildman–Crippen LogP) is 5.69. The first-order chi connectivity index (χ1) is 18.3. The van der Waals surface area contributed by atoms with E-state index < -0.39 is 73.6 Å². The van der Waals surface area contributed by atoms with E-state index in [0.29, 0.717) is 0 Å². The van der Waals surface area contributed by atoms with Crippen LogP contribution in [0.3, 0.4) is 0 Å². The normalized spacial score (nSPS) is 15.1. The van der Waals surface area contributed by atoms with Crippen molar-refractivity contribution in [2.45, 2.75) is 49.4 Å². The van der Waals surface area contributed by atoms with Gasteiger partial charge >= 0.3 is 12.4 Å². The molecule has 1 aliphatic rings. The van der Waals surface area contributed by atoms with Gasteiger partial charge in [-0.15, -0.1) is 10.2 Å². The van der Waals surface area contributed by atoms with Crippen LogP contribution in [0.1, 0.15) is 45.7 Å². The van der Waals surface area contributed by atoms with Crippen LogP contribution in [0.15, 0.2) is 35.2 Å². The Bertz CT molecular complexity index is 1600. The molecular formula is C24H19F7N4O4S. The van der Waals surface area contributed by atoms with E-state index in [1.807, 2.05) is 0 Å². The van der Waals surface area contributed by atoms with Gasteiger partial charge in [-0.25, -0.2) is 13.4 Å². The van der Waals surface area contributed by atoms with Gasteiger partial charge in [0, 0.05) is 11.9 Å². The van der Waals surface area contributed by atoms with E-state index in [0.717, 1.165) is 25.3 Å². The molecule has 4 rings (SSSR count). The van der Waals surface area contributed by atoms with E-state index >= 15 is 0 Å². The van der Waals surface area contributed by atoms with Crippen LogP contribution in [-0.4, -0.2) is 41.9 Å². The van der Waals surface area contributed by atoms with Crippen LogP contribution in [0.4, 0.5) is 36.4 Å². The third-order valence-corrected chi connectivity index (χ3v) is 7.41. The van der Waals surface area contributed by atoms with Gasteiger partial charge in [0.15, 0.2) is 21.3 Å². The average molecular weight is 592 g/mol. The van der Waals surface area contributed by atoms with Gasteiger partial charge in [0.2, 0.25) is 0 Å². The lowest BCUT2D eigenvalue weighted by molar-refractivity contribution is -0.161. The highest BCUT2D eigenvalue weighted by molar-refractivity contribution is 7.90. The number of carbonyl (C=O) groups excluding carboxylic acids is 1. The average Bonchev–Trinajstić information content (AvgIpc) is 3.62. The largest absolute Gasteiger partial charge is 0.435 e. The van der Waals surface area contributed by atoms with E-state index in [-0.39, 0.29) is 29.0 Å². The van der Waals surface area contributed by atoms with Gasteiger partial charge in [-0.2, -0.15) is 30.7 Å². The molecule has 2 aromatic heterocycles. The fourth-order valence-corrected chi connectivity index (χ4v) is 4.67. The summed E-state index contributed by atoms with van der Waals surface area (Å²) in [6.07, 6.45) is -9.42. The molecule has 1 N–H and O–H groups in total. The summed E-state index contributed by atoms with van der Waals surface area (Å²) in [7, 11) is -3.70. The second-order valence-electron chi connectivity index (χ2n) is 9.23. The fourth-order valence-electron chi connectivity index (χ4n) is 4.00. The number of hydrogen-bond acceptors (Lipinski definition) is 7. The van der Waals surface area contributed by atoms with Gasteiger partial charge in [0.1, 0.15) is 11.0 Å². The van der Waals surface area contributed by atoms with E-state index in [1.165, 1.54) is 25.1 Å². The molecule has 8 nitrogen and oxygen atoms in total. The lowest BCUT2D eigenvalue weighted by Crippen LogP contribution is -2.30. The first kappa shape index (κ1) is 29.2. The predicted molar refractivity (Wildman–Crippen MR) is 125 cm³/mol. The standard InChI is InChI=1S/C24H19F7N4O4S/c1-11-9-15(22(7-8-22)24(29,30)31)33-19(25)17(11)39-21-16(12(2)18(34-35-21)23(26,27)28)20(36)32-13-5-4-6-14(10-13)40(3,37)38/h4-6,9-10H,7-8H2,1-3H3,(H,32,36). The van der Waals surface area contributed by atoms with E-state index in [1.54, 1.807) is 0 Å². The zero-order chi connectivity index (χ0) is 29.8. The number of sulfone groups is 1. The minimum atomic E-state index is -5.05. The topological polar surface area (TPSA) is 111 Å². The van der Waals surface area contributed by atoms with Gasteiger partial charge in [-0.05, 0) is 62.1 Å². The molecule has 1 saturated carbocycles. The smallest absolute Gasteiger partial charge is 0.432 e. The van der Waals surface area contributed by atoms with Crippen LogP contribution >= 0.6 is 0 Å². The molecule has 214 valence electrons. The minimum absolute atomic E-state index is 0.112. The van der Waals surface area contributed by atoms with Crippen LogP contribution < -0.4 is 10.1 Å². The molecule has 0 unspecified atom stereocenters. The Morgan fingerprint density at radius 3 is 2.23 bits per heavy atom. The first-order valence-electron chi connectivity index (χ1n) is 11.3. The highest BCUT2D eigenvalue weighted by Crippen LogP contribution is 2.58. The maximum atomic E-state index is 15.0. The summed E-state index contributed by atoms with van der Waals surface area (Å²) in [5, 5.41) is 8.60. The number of ether oxygens (including phenoxy) is 1. The van der Waals surface area contributed by atoms with Crippen molar-refractivity contribution in [2.24, 2.45) is 0 Å². The number of nitrogens with zero attached hydrogens (tertiary/aromatic N) is 3. The van der Waals surface area contributed by atoms with Crippen molar-refractivity contribution in [1.82, 2.24) is 15.2 Å². The number of alkyl halides is 6. The molecular weight excluding hydrogens is 573 g/mol. The number of benzene rings is 1. The molecule has 3 aromatic rings. The maximum absolute atomic E-state index is 15.0. The van der Waals surface area contributed by atoms with Gasteiger partial charge in [0.25, 0.3) is 17.7 Å². The number of halogens is 7. The second-order valence-corrected chi connectivity index (χ2v) is 11.2. The minimum Gasteiger partial charge on any atom is -0.432 e. The zero-order valence-corrected chi connectivity index (χ0v) is 21.6. The van der Waals surface area contributed by atoms with Crippen LogP contribution in [-0.2, 0) is 21.4 Å². The van der Waals surface area contributed by atoms with Gasteiger partial charge in [-0.3, -0.25) is 4.79 Å². The Kier molecular flexibility index (Phi) is 7.05. The summed E-state index contributed by atoms with van der Waals surface area (Å²) in [4.78, 5) is 16.3. The second kappa shape index (κ2) is 9.67. The Morgan fingerprint density at radius 1 is 1.05 bits per heavy atom. The first-order valence-corrected chi connectivity index (χ1v) is 13.2. The summed E-state index contributed by atoms with van der Waals surface area (Å²) >= 11 is 0. The number of carbonyl (C=O) groups is 1. The van der Waals surface area contributed by atoms with Crippen molar-refractivity contribution in [3.05, 3.63) is 64.4 Å². The summed E-state index contributed by atoms with van der Waals surface area (Å²) < 4.78 is 125. The lowest BCUT2D eigenvalue weighted by Gasteiger charge is -2.20. The van der Waals surface area contributed by atoms with E-state index in [9.17, 15) is 43.9 Å². The van der Waals surface area contributed by atoms with Crippen molar-refractivity contribution < 1.29 is 48.7 Å². The number of pyridine rings is 1. The molecule has 0 saturated heterocycles. The number of aromatic nitrogens is 3. The number of hydrogen-bond donors (Lipinski definition) is 1.